The standard InChI is InChI=1S/C13H22N6/c1-10(12-17-15-9-18(12)5)14-6-11-7-16-19(8-11)13(2,3)4/h7-10,14H,6H2,1-5H3. The molecule has 0 amide bonds. The molecule has 0 spiro atoms. The maximum absolute atomic E-state index is 4.39. The van der Waals surface area contributed by atoms with Crippen molar-refractivity contribution in [1.29, 1.82) is 0 Å². The number of nitrogens with zero attached hydrogens (tertiary/aromatic N) is 5. The summed E-state index contributed by atoms with van der Waals surface area (Å²) in [4.78, 5) is 0. The van der Waals surface area contributed by atoms with Crippen molar-refractivity contribution in [3.8, 4) is 0 Å². The van der Waals surface area contributed by atoms with E-state index in [1.54, 1.807) is 6.33 Å². The fourth-order valence-corrected chi connectivity index (χ4v) is 1.86. The highest BCUT2D eigenvalue weighted by molar-refractivity contribution is 5.06. The Labute approximate surface area is 113 Å². The van der Waals surface area contributed by atoms with E-state index in [1.165, 1.54) is 5.56 Å². The normalized spacial score (nSPS) is 13.7. The van der Waals surface area contributed by atoms with Crippen LogP contribution in [-0.4, -0.2) is 24.5 Å². The van der Waals surface area contributed by atoms with Crippen molar-refractivity contribution in [2.45, 2.75) is 45.8 Å². The van der Waals surface area contributed by atoms with Crippen molar-refractivity contribution in [3.63, 3.8) is 0 Å². The molecule has 2 aromatic rings. The topological polar surface area (TPSA) is 60.6 Å². The van der Waals surface area contributed by atoms with Crippen molar-refractivity contribution in [1.82, 2.24) is 29.9 Å². The number of rotatable bonds is 4. The van der Waals surface area contributed by atoms with E-state index in [1.807, 2.05) is 22.5 Å². The number of hydrogen-bond donors (Lipinski definition) is 1. The summed E-state index contributed by atoms with van der Waals surface area (Å²) in [6.45, 7) is 9.26. The van der Waals surface area contributed by atoms with E-state index in [4.69, 9.17) is 0 Å². The van der Waals surface area contributed by atoms with Crippen LogP contribution in [0.5, 0.6) is 0 Å². The molecule has 0 fully saturated rings. The molecular weight excluding hydrogens is 240 g/mol. The lowest BCUT2D eigenvalue weighted by atomic mass is 10.1. The SMILES string of the molecule is CC(NCc1cnn(C(C)(C)C)c1)c1nncn1C. The van der Waals surface area contributed by atoms with Crippen molar-refractivity contribution in [2.24, 2.45) is 7.05 Å². The monoisotopic (exact) mass is 262 g/mol. The molecule has 2 aromatic heterocycles. The first-order valence-corrected chi connectivity index (χ1v) is 6.49. The van der Waals surface area contributed by atoms with Gasteiger partial charge in [0.1, 0.15) is 12.2 Å². The number of hydrogen-bond acceptors (Lipinski definition) is 4. The van der Waals surface area contributed by atoms with Gasteiger partial charge in [-0.1, -0.05) is 0 Å². The fourth-order valence-electron chi connectivity index (χ4n) is 1.86. The molecule has 19 heavy (non-hydrogen) atoms. The van der Waals surface area contributed by atoms with Crippen LogP contribution in [0.2, 0.25) is 0 Å². The maximum Gasteiger partial charge on any atom is 0.149 e. The summed E-state index contributed by atoms with van der Waals surface area (Å²) in [5, 5.41) is 15.8. The van der Waals surface area contributed by atoms with Gasteiger partial charge in [-0.25, -0.2) is 0 Å². The smallest absolute Gasteiger partial charge is 0.149 e. The molecular formula is C13H22N6. The first-order valence-electron chi connectivity index (χ1n) is 6.49. The Hall–Kier alpha value is -1.69. The van der Waals surface area contributed by atoms with E-state index in [-0.39, 0.29) is 11.6 Å². The van der Waals surface area contributed by atoms with Gasteiger partial charge in [0.15, 0.2) is 0 Å². The number of nitrogens with one attached hydrogen (secondary N) is 1. The molecule has 0 bridgehead atoms. The minimum atomic E-state index is 0.0213. The van der Waals surface area contributed by atoms with Crippen LogP contribution >= 0.6 is 0 Å². The Balaban J connectivity index is 1.96. The molecule has 6 heteroatoms. The molecule has 0 radical (unpaired) electrons. The predicted molar refractivity (Wildman–Crippen MR) is 73.5 cm³/mol. The summed E-state index contributed by atoms with van der Waals surface area (Å²) < 4.78 is 3.91. The van der Waals surface area contributed by atoms with Crippen LogP contribution in [0.4, 0.5) is 0 Å². The minimum absolute atomic E-state index is 0.0213. The Bertz CT molecular complexity index is 533. The van der Waals surface area contributed by atoms with Crippen LogP contribution in [0.1, 0.15) is 45.1 Å². The second kappa shape index (κ2) is 5.13. The molecule has 6 nitrogen and oxygen atoms in total. The zero-order chi connectivity index (χ0) is 14.0. The lowest BCUT2D eigenvalue weighted by Crippen LogP contribution is -2.22. The van der Waals surface area contributed by atoms with Gasteiger partial charge in [0.05, 0.1) is 17.8 Å². The van der Waals surface area contributed by atoms with Crippen molar-refractivity contribution >= 4 is 0 Å². The Morgan fingerprint density at radius 2 is 2.11 bits per heavy atom. The molecule has 104 valence electrons. The van der Waals surface area contributed by atoms with Crippen molar-refractivity contribution in [2.75, 3.05) is 0 Å². The van der Waals surface area contributed by atoms with Gasteiger partial charge >= 0.3 is 0 Å². The zero-order valence-electron chi connectivity index (χ0n) is 12.3. The molecule has 0 aromatic carbocycles. The first-order chi connectivity index (χ1) is 8.88. The quantitative estimate of drug-likeness (QED) is 0.909. The van der Waals surface area contributed by atoms with Gasteiger partial charge in [-0.3, -0.25) is 4.68 Å². The largest absolute Gasteiger partial charge is 0.319 e. The average molecular weight is 262 g/mol. The van der Waals surface area contributed by atoms with Crippen LogP contribution in [0.3, 0.4) is 0 Å². The molecule has 0 aliphatic heterocycles. The van der Waals surface area contributed by atoms with Gasteiger partial charge < -0.3 is 9.88 Å². The van der Waals surface area contributed by atoms with Gasteiger partial charge in [0.2, 0.25) is 0 Å². The predicted octanol–water partition coefficient (Wildman–Crippen LogP) is 1.62. The molecule has 1 unspecified atom stereocenters. The highest BCUT2D eigenvalue weighted by atomic mass is 15.3. The summed E-state index contributed by atoms with van der Waals surface area (Å²) in [5.41, 5.74) is 1.19. The Morgan fingerprint density at radius 3 is 2.63 bits per heavy atom. The van der Waals surface area contributed by atoms with Crippen LogP contribution in [0.25, 0.3) is 0 Å². The minimum Gasteiger partial charge on any atom is -0.319 e. The van der Waals surface area contributed by atoms with Gasteiger partial charge in [0, 0.05) is 25.4 Å². The lowest BCUT2D eigenvalue weighted by Gasteiger charge is -2.18. The second-order valence-corrected chi connectivity index (χ2v) is 5.87. The van der Waals surface area contributed by atoms with E-state index >= 15 is 0 Å². The third-order valence-corrected chi connectivity index (χ3v) is 3.07. The molecule has 0 aliphatic rings. The van der Waals surface area contributed by atoms with E-state index in [0.29, 0.717) is 0 Å². The van der Waals surface area contributed by atoms with E-state index < -0.39 is 0 Å². The first kappa shape index (κ1) is 13.7. The van der Waals surface area contributed by atoms with Gasteiger partial charge in [-0.05, 0) is 27.7 Å². The summed E-state index contributed by atoms with van der Waals surface area (Å²) in [7, 11) is 1.95. The van der Waals surface area contributed by atoms with Gasteiger partial charge in [-0.15, -0.1) is 10.2 Å². The Kier molecular flexibility index (Phi) is 3.71. The summed E-state index contributed by atoms with van der Waals surface area (Å²) in [6.07, 6.45) is 5.70. The highest BCUT2D eigenvalue weighted by Gasteiger charge is 2.15. The molecule has 0 aliphatic carbocycles. The highest BCUT2D eigenvalue weighted by Crippen LogP contribution is 2.14. The molecule has 0 saturated heterocycles. The molecule has 1 atom stereocenters. The molecule has 2 rings (SSSR count). The van der Waals surface area contributed by atoms with Gasteiger partial charge in [-0.2, -0.15) is 5.10 Å². The Morgan fingerprint density at radius 1 is 1.37 bits per heavy atom. The molecule has 1 N–H and O–H groups in total. The zero-order valence-corrected chi connectivity index (χ0v) is 12.3. The molecule has 2 heterocycles. The van der Waals surface area contributed by atoms with E-state index in [9.17, 15) is 0 Å². The van der Waals surface area contributed by atoms with Crippen LogP contribution in [0.15, 0.2) is 18.7 Å². The number of aromatic nitrogens is 5. The summed E-state index contributed by atoms with van der Waals surface area (Å²) in [5.74, 6) is 0.934. The van der Waals surface area contributed by atoms with E-state index in [2.05, 4.69) is 54.5 Å². The van der Waals surface area contributed by atoms with Crippen LogP contribution in [0, 0.1) is 0 Å². The van der Waals surface area contributed by atoms with E-state index in [0.717, 1.165) is 12.4 Å². The molecule has 0 saturated carbocycles. The average Bonchev–Trinajstić information content (AvgIpc) is 2.93. The number of aryl methyl sites for hydroxylation is 1. The van der Waals surface area contributed by atoms with Crippen molar-refractivity contribution in [3.05, 3.63) is 30.1 Å². The summed E-state index contributed by atoms with van der Waals surface area (Å²) in [6, 6.07) is 0.158. The third kappa shape index (κ3) is 3.20. The maximum atomic E-state index is 4.39. The fraction of sp³-hybridized carbons (Fsp3) is 0.615. The third-order valence-electron chi connectivity index (χ3n) is 3.07. The van der Waals surface area contributed by atoms with Crippen LogP contribution < -0.4 is 5.32 Å². The lowest BCUT2D eigenvalue weighted by molar-refractivity contribution is 0.355. The van der Waals surface area contributed by atoms with Crippen LogP contribution in [-0.2, 0) is 19.1 Å². The second-order valence-electron chi connectivity index (χ2n) is 5.87. The summed E-state index contributed by atoms with van der Waals surface area (Å²) >= 11 is 0. The van der Waals surface area contributed by atoms with Gasteiger partial charge in [0.25, 0.3) is 0 Å². The van der Waals surface area contributed by atoms with Crippen molar-refractivity contribution < 1.29 is 0 Å².